The van der Waals surface area contributed by atoms with Crippen LogP contribution in [-0.2, 0) is 14.3 Å². The van der Waals surface area contributed by atoms with Crippen LogP contribution >= 0.6 is 11.3 Å². The van der Waals surface area contributed by atoms with E-state index in [-0.39, 0.29) is 11.5 Å². The summed E-state index contributed by atoms with van der Waals surface area (Å²) in [6.45, 7) is 9.76. The number of rotatable bonds is 6. The molecule has 2 rings (SSSR count). The normalized spacial score (nSPS) is 12.1. The summed E-state index contributed by atoms with van der Waals surface area (Å²) in [6.07, 6.45) is 0. The van der Waals surface area contributed by atoms with Crippen LogP contribution < -0.4 is 5.56 Å². The first-order valence-electron chi connectivity index (χ1n) is 6.99. The molecule has 1 atom stereocenters. The van der Waals surface area contributed by atoms with Gasteiger partial charge in [0.2, 0.25) is 0 Å². The molecule has 0 amide bonds. The number of esters is 1. The van der Waals surface area contributed by atoms with Crippen LogP contribution in [0.15, 0.2) is 16.8 Å². The van der Waals surface area contributed by atoms with Crippen LogP contribution in [0, 0.1) is 0 Å². The number of aromatic amines is 1. The molecule has 0 spiro atoms. The average Bonchev–Trinajstić information content (AvgIpc) is 2.91. The zero-order valence-corrected chi connectivity index (χ0v) is 13.6. The van der Waals surface area contributed by atoms with Crippen molar-refractivity contribution in [1.29, 1.82) is 0 Å². The van der Waals surface area contributed by atoms with E-state index in [2.05, 4.69) is 16.5 Å². The third kappa shape index (κ3) is 3.04. The second kappa shape index (κ2) is 6.74. The minimum atomic E-state index is -0.516. The molecule has 0 aliphatic heterocycles. The number of ether oxygens (including phenoxy) is 2. The summed E-state index contributed by atoms with van der Waals surface area (Å²) in [5.74, 6) is -0.256. The lowest BCUT2D eigenvalue weighted by Gasteiger charge is -2.09. The first kappa shape index (κ1) is 16.2. The topological polar surface area (TPSA) is 81.3 Å². The lowest BCUT2D eigenvalue weighted by molar-refractivity contribution is -0.144. The lowest BCUT2D eigenvalue weighted by atomic mass is 10.0. The molecule has 2 aromatic rings. The van der Waals surface area contributed by atoms with Crippen molar-refractivity contribution in [1.82, 2.24) is 9.97 Å². The van der Waals surface area contributed by atoms with Crippen molar-refractivity contribution >= 4 is 33.3 Å². The van der Waals surface area contributed by atoms with Gasteiger partial charge in [0.25, 0.3) is 5.56 Å². The Labute approximate surface area is 131 Å². The molecule has 0 aromatic carbocycles. The molecule has 6 nitrogen and oxygen atoms in total. The van der Waals surface area contributed by atoms with Gasteiger partial charge >= 0.3 is 5.97 Å². The number of carbonyl (C=O) groups is 1. The Balaban J connectivity index is 2.47. The van der Waals surface area contributed by atoms with Gasteiger partial charge in [0.05, 0.1) is 24.5 Å². The molecule has 0 aliphatic carbocycles. The minimum Gasteiger partial charge on any atom is -0.491 e. The fraction of sp³-hybridized carbons (Fsp3) is 0.400. The van der Waals surface area contributed by atoms with E-state index in [9.17, 15) is 9.59 Å². The Hall–Kier alpha value is -2.15. The number of H-pyrrole nitrogens is 1. The van der Waals surface area contributed by atoms with Gasteiger partial charge in [-0.25, -0.2) is 4.98 Å². The SMILES string of the molecule is C=C(OCC)c1nc2scc(C(C)C(=O)OCC)c2c(=O)[nH]1. The molecular formula is C15H18N2O4S. The van der Waals surface area contributed by atoms with Gasteiger partial charge in [0.1, 0.15) is 4.83 Å². The van der Waals surface area contributed by atoms with Crippen LogP contribution in [0.3, 0.4) is 0 Å². The van der Waals surface area contributed by atoms with Gasteiger partial charge in [-0.2, -0.15) is 0 Å². The second-order valence-corrected chi connectivity index (χ2v) is 5.47. The number of hydrogen-bond donors (Lipinski definition) is 1. The van der Waals surface area contributed by atoms with Crippen LogP contribution in [-0.4, -0.2) is 29.2 Å². The summed E-state index contributed by atoms with van der Waals surface area (Å²) in [5, 5.41) is 2.18. The highest BCUT2D eigenvalue weighted by Gasteiger charge is 2.23. The monoisotopic (exact) mass is 322 g/mol. The van der Waals surface area contributed by atoms with Crippen molar-refractivity contribution in [3.8, 4) is 0 Å². The molecule has 2 heterocycles. The third-order valence-electron chi connectivity index (χ3n) is 3.16. The predicted octanol–water partition coefficient (Wildman–Crippen LogP) is 2.66. The maximum Gasteiger partial charge on any atom is 0.313 e. The van der Waals surface area contributed by atoms with E-state index in [1.807, 2.05) is 6.92 Å². The fourth-order valence-electron chi connectivity index (χ4n) is 2.06. The lowest BCUT2D eigenvalue weighted by Crippen LogP contribution is -2.16. The summed E-state index contributed by atoms with van der Waals surface area (Å²) in [7, 11) is 0. The van der Waals surface area contributed by atoms with Crippen LogP contribution in [0.25, 0.3) is 16.0 Å². The highest BCUT2D eigenvalue weighted by molar-refractivity contribution is 7.16. The van der Waals surface area contributed by atoms with Crippen molar-refractivity contribution in [2.45, 2.75) is 26.7 Å². The molecule has 2 aromatic heterocycles. The molecule has 7 heteroatoms. The predicted molar refractivity (Wildman–Crippen MR) is 85.9 cm³/mol. The summed E-state index contributed by atoms with van der Waals surface area (Å²) in [6, 6.07) is 0. The molecule has 118 valence electrons. The Morgan fingerprint density at radius 3 is 2.73 bits per heavy atom. The maximum absolute atomic E-state index is 12.3. The van der Waals surface area contributed by atoms with E-state index in [0.29, 0.717) is 40.6 Å². The Morgan fingerprint density at radius 2 is 2.09 bits per heavy atom. The zero-order chi connectivity index (χ0) is 16.3. The number of fused-ring (bicyclic) bond motifs is 1. The summed E-state index contributed by atoms with van der Waals surface area (Å²) >= 11 is 1.31. The highest BCUT2D eigenvalue weighted by atomic mass is 32.1. The van der Waals surface area contributed by atoms with Crippen molar-refractivity contribution in [3.63, 3.8) is 0 Å². The molecular weight excluding hydrogens is 304 g/mol. The molecule has 0 saturated carbocycles. The van der Waals surface area contributed by atoms with E-state index < -0.39 is 5.92 Å². The number of thiophene rings is 1. The summed E-state index contributed by atoms with van der Waals surface area (Å²) in [5.41, 5.74) is 0.314. The van der Waals surface area contributed by atoms with E-state index in [1.165, 1.54) is 11.3 Å². The Morgan fingerprint density at radius 1 is 1.41 bits per heavy atom. The van der Waals surface area contributed by atoms with E-state index >= 15 is 0 Å². The number of carbonyl (C=O) groups excluding carboxylic acids is 1. The number of nitrogens with zero attached hydrogens (tertiary/aromatic N) is 1. The van der Waals surface area contributed by atoms with Crippen molar-refractivity contribution < 1.29 is 14.3 Å². The van der Waals surface area contributed by atoms with Crippen LogP contribution in [0.4, 0.5) is 0 Å². The maximum atomic E-state index is 12.3. The zero-order valence-electron chi connectivity index (χ0n) is 12.8. The van der Waals surface area contributed by atoms with Gasteiger partial charge in [-0.3, -0.25) is 9.59 Å². The van der Waals surface area contributed by atoms with Gasteiger partial charge in [-0.05, 0) is 31.7 Å². The molecule has 0 radical (unpaired) electrons. The van der Waals surface area contributed by atoms with Crippen LogP contribution in [0.1, 0.15) is 38.1 Å². The number of hydrogen-bond acceptors (Lipinski definition) is 6. The van der Waals surface area contributed by atoms with Crippen molar-refractivity contribution in [2.24, 2.45) is 0 Å². The van der Waals surface area contributed by atoms with Gasteiger partial charge < -0.3 is 14.5 Å². The molecule has 1 N–H and O–H groups in total. The molecule has 1 unspecified atom stereocenters. The smallest absolute Gasteiger partial charge is 0.313 e. The molecule has 22 heavy (non-hydrogen) atoms. The number of nitrogens with one attached hydrogen (secondary N) is 1. The average molecular weight is 322 g/mol. The first-order valence-corrected chi connectivity index (χ1v) is 7.87. The first-order chi connectivity index (χ1) is 10.5. The molecule has 0 saturated heterocycles. The van der Waals surface area contributed by atoms with Crippen molar-refractivity contribution in [2.75, 3.05) is 13.2 Å². The van der Waals surface area contributed by atoms with Gasteiger partial charge in [-0.1, -0.05) is 6.58 Å². The van der Waals surface area contributed by atoms with Gasteiger partial charge in [-0.15, -0.1) is 11.3 Å². The van der Waals surface area contributed by atoms with Gasteiger partial charge in [0.15, 0.2) is 11.6 Å². The third-order valence-corrected chi connectivity index (χ3v) is 4.05. The van der Waals surface area contributed by atoms with Crippen LogP contribution in [0.5, 0.6) is 0 Å². The summed E-state index contributed by atoms with van der Waals surface area (Å²) in [4.78, 5) is 31.8. The minimum absolute atomic E-state index is 0.302. The van der Waals surface area contributed by atoms with E-state index in [1.54, 1.807) is 19.2 Å². The van der Waals surface area contributed by atoms with E-state index in [0.717, 1.165) is 0 Å². The largest absolute Gasteiger partial charge is 0.491 e. The Kier molecular flexibility index (Phi) is 4.97. The molecule has 0 fully saturated rings. The number of aromatic nitrogens is 2. The van der Waals surface area contributed by atoms with Gasteiger partial charge in [0, 0.05) is 0 Å². The standard InChI is InChI=1S/C15H18N2O4S/c1-5-20-9(4)12-16-13(18)11-10(7-22-14(11)17-12)8(3)15(19)21-6-2/h7-8H,4-6H2,1-3H3,(H,16,17,18). The fourth-order valence-corrected chi connectivity index (χ4v) is 3.09. The second-order valence-electron chi connectivity index (χ2n) is 4.62. The van der Waals surface area contributed by atoms with E-state index in [4.69, 9.17) is 9.47 Å². The van der Waals surface area contributed by atoms with Crippen LogP contribution in [0.2, 0.25) is 0 Å². The highest BCUT2D eigenvalue weighted by Crippen LogP contribution is 2.29. The molecule has 0 aliphatic rings. The summed E-state index contributed by atoms with van der Waals surface area (Å²) < 4.78 is 10.3. The molecule has 0 bridgehead atoms. The van der Waals surface area contributed by atoms with Crippen molar-refractivity contribution in [3.05, 3.63) is 33.7 Å². The quantitative estimate of drug-likeness (QED) is 0.653. The Bertz CT molecular complexity index is 762.